The number of benzene rings is 2. The van der Waals surface area contributed by atoms with Gasteiger partial charge in [-0.2, -0.15) is 0 Å². The minimum atomic E-state index is -0.415. The molecule has 0 radical (unpaired) electrons. The van der Waals surface area contributed by atoms with Crippen LogP contribution >= 0.6 is 0 Å². The number of nitrogens with one attached hydrogen (secondary N) is 1. The highest BCUT2D eigenvalue weighted by molar-refractivity contribution is 5.98. The van der Waals surface area contributed by atoms with Crippen LogP contribution in [0.25, 0.3) is 0 Å². The van der Waals surface area contributed by atoms with E-state index in [9.17, 15) is 9.59 Å². The Morgan fingerprint density at radius 2 is 1.81 bits per heavy atom. The van der Waals surface area contributed by atoms with Crippen molar-refractivity contribution in [1.29, 1.82) is 0 Å². The molecule has 4 rings (SSSR count). The molecule has 2 aromatic rings. The van der Waals surface area contributed by atoms with E-state index in [-0.39, 0.29) is 11.8 Å². The van der Waals surface area contributed by atoms with Crippen LogP contribution in [0.15, 0.2) is 48.5 Å². The van der Waals surface area contributed by atoms with Gasteiger partial charge in [0.15, 0.2) is 0 Å². The first kappa shape index (κ1) is 16.8. The van der Waals surface area contributed by atoms with E-state index in [1.165, 1.54) is 24.0 Å². The zero-order chi connectivity index (χ0) is 17.9. The Kier molecular flexibility index (Phi) is 4.74. The molecule has 134 valence electrons. The van der Waals surface area contributed by atoms with Gasteiger partial charge in [0.2, 0.25) is 5.91 Å². The van der Waals surface area contributed by atoms with Crippen LogP contribution in [-0.2, 0) is 24.2 Å². The Balaban J connectivity index is 1.40. The number of hydrogen-bond donors (Lipinski definition) is 1. The van der Waals surface area contributed by atoms with Gasteiger partial charge in [-0.1, -0.05) is 36.4 Å². The molecule has 1 heterocycles. The number of amides is 2. The fourth-order valence-electron chi connectivity index (χ4n) is 3.95. The van der Waals surface area contributed by atoms with E-state index in [1.54, 1.807) is 0 Å². The molecule has 4 heteroatoms. The number of aryl methyl sites for hydroxylation is 2. The van der Waals surface area contributed by atoms with Crippen molar-refractivity contribution in [3.8, 4) is 0 Å². The predicted molar refractivity (Wildman–Crippen MR) is 101 cm³/mol. The fourth-order valence-corrected chi connectivity index (χ4v) is 3.95. The minimum Gasteiger partial charge on any atom is -0.340 e. The summed E-state index contributed by atoms with van der Waals surface area (Å²) < 4.78 is 0. The first-order valence-corrected chi connectivity index (χ1v) is 9.46. The van der Waals surface area contributed by atoms with Crippen molar-refractivity contribution >= 4 is 11.8 Å². The summed E-state index contributed by atoms with van der Waals surface area (Å²) in [5.41, 5.74) is 4.42. The second-order valence-electron chi connectivity index (χ2n) is 7.25. The average molecular weight is 348 g/mol. The highest BCUT2D eigenvalue weighted by atomic mass is 16.2. The lowest BCUT2D eigenvalue weighted by Crippen LogP contribution is -2.41. The molecule has 0 bridgehead atoms. The van der Waals surface area contributed by atoms with Gasteiger partial charge in [-0.3, -0.25) is 9.59 Å². The van der Waals surface area contributed by atoms with Crippen LogP contribution < -0.4 is 5.32 Å². The van der Waals surface area contributed by atoms with Crippen molar-refractivity contribution in [2.45, 2.75) is 44.7 Å². The summed E-state index contributed by atoms with van der Waals surface area (Å²) >= 11 is 0. The monoisotopic (exact) mass is 348 g/mol. The maximum atomic E-state index is 12.6. The highest BCUT2D eigenvalue weighted by Gasteiger charge is 2.32. The molecule has 0 aromatic heterocycles. The molecule has 1 atom stereocenters. The Morgan fingerprint density at radius 1 is 1.04 bits per heavy atom. The number of likely N-dealkylation sites (tertiary alicyclic amines) is 1. The molecule has 1 fully saturated rings. The molecule has 1 N–H and O–H groups in total. The van der Waals surface area contributed by atoms with E-state index in [0.29, 0.717) is 25.1 Å². The number of hydrogen-bond acceptors (Lipinski definition) is 2. The smallest absolute Gasteiger partial charge is 0.251 e. The quantitative estimate of drug-likeness (QED) is 0.923. The molecule has 2 amide bonds. The van der Waals surface area contributed by atoms with Gasteiger partial charge >= 0.3 is 0 Å². The summed E-state index contributed by atoms with van der Waals surface area (Å²) in [6, 6.07) is 15.5. The van der Waals surface area contributed by atoms with Crippen molar-refractivity contribution in [3.05, 3.63) is 70.8 Å². The summed E-state index contributed by atoms with van der Waals surface area (Å²) in [7, 11) is 0. The number of fused-ring (bicyclic) bond motifs is 1. The lowest BCUT2D eigenvalue weighted by atomic mass is 9.90. The largest absolute Gasteiger partial charge is 0.340 e. The molecular weight excluding hydrogens is 324 g/mol. The van der Waals surface area contributed by atoms with Crippen LogP contribution in [0.1, 0.15) is 46.3 Å². The van der Waals surface area contributed by atoms with Crippen molar-refractivity contribution in [2.24, 2.45) is 0 Å². The first-order chi connectivity index (χ1) is 12.7. The number of nitrogens with zero attached hydrogens (tertiary/aromatic N) is 1. The summed E-state index contributed by atoms with van der Waals surface area (Å²) in [5, 5.41) is 2.94. The minimum absolute atomic E-state index is 0.0140. The molecular formula is C22H24N2O2. The van der Waals surface area contributed by atoms with Crippen LogP contribution in [0.4, 0.5) is 0 Å². The van der Waals surface area contributed by atoms with Crippen LogP contribution in [0.5, 0.6) is 0 Å². The number of carbonyl (C=O) groups is 2. The summed E-state index contributed by atoms with van der Waals surface area (Å²) in [5.74, 6) is -0.126. The number of rotatable bonds is 4. The van der Waals surface area contributed by atoms with Crippen LogP contribution in [0.3, 0.4) is 0 Å². The molecule has 2 aromatic carbocycles. The maximum Gasteiger partial charge on any atom is 0.251 e. The van der Waals surface area contributed by atoms with Gasteiger partial charge in [0.25, 0.3) is 5.91 Å². The molecule has 4 nitrogen and oxygen atoms in total. The topological polar surface area (TPSA) is 49.4 Å². The molecule has 0 spiro atoms. The van der Waals surface area contributed by atoms with Gasteiger partial charge in [0.05, 0.1) is 0 Å². The van der Waals surface area contributed by atoms with Gasteiger partial charge in [0.1, 0.15) is 6.04 Å². The molecule has 1 aliphatic heterocycles. The molecule has 2 aliphatic rings. The summed E-state index contributed by atoms with van der Waals surface area (Å²) in [6.07, 6.45) is 5.23. The van der Waals surface area contributed by atoms with Crippen molar-refractivity contribution in [1.82, 2.24) is 10.2 Å². The first-order valence-electron chi connectivity index (χ1n) is 9.46. The lowest BCUT2D eigenvalue weighted by molar-refractivity contribution is -0.129. The van der Waals surface area contributed by atoms with Crippen LogP contribution in [-0.4, -0.2) is 29.3 Å². The molecule has 0 saturated carbocycles. The van der Waals surface area contributed by atoms with E-state index in [2.05, 4.69) is 11.4 Å². The Hall–Kier alpha value is -2.62. The van der Waals surface area contributed by atoms with Gasteiger partial charge in [0, 0.05) is 18.7 Å². The van der Waals surface area contributed by atoms with Crippen LogP contribution in [0, 0.1) is 0 Å². The Morgan fingerprint density at radius 3 is 2.62 bits per heavy atom. The van der Waals surface area contributed by atoms with E-state index < -0.39 is 6.04 Å². The van der Waals surface area contributed by atoms with E-state index >= 15 is 0 Å². The van der Waals surface area contributed by atoms with Gasteiger partial charge in [-0.05, 0) is 60.9 Å². The molecule has 1 aliphatic carbocycles. The van der Waals surface area contributed by atoms with Gasteiger partial charge in [-0.25, -0.2) is 0 Å². The molecule has 26 heavy (non-hydrogen) atoms. The van der Waals surface area contributed by atoms with Crippen molar-refractivity contribution < 1.29 is 9.59 Å². The standard InChI is InChI=1S/C22H24N2O2/c25-21(19-11-10-17-8-4-5-9-18(17)14-19)23-20-12-13-24(22(20)26)15-16-6-2-1-3-7-16/h1-3,6-7,10-11,14,20H,4-5,8-9,12-13,15H2,(H,23,25)/t20-/m0/s1. The van der Waals surface area contributed by atoms with Crippen molar-refractivity contribution in [3.63, 3.8) is 0 Å². The third kappa shape index (κ3) is 3.50. The average Bonchev–Trinajstić information content (AvgIpc) is 3.02. The van der Waals surface area contributed by atoms with Crippen molar-refractivity contribution in [2.75, 3.05) is 6.54 Å². The molecule has 0 unspecified atom stereocenters. The highest BCUT2D eigenvalue weighted by Crippen LogP contribution is 2.22. The predicted octanol–water partition coefficient (Wildman–Crippen LogP) is 3.10. The Labute approximate surface area is 154 Å². The zero-order valence-corrected chi connectivity index (χ0v) is 14.9. The number of carbonyl (C=O) groups excluding carboxylic acids is 2. The summed E-state index contributed by atoms with van der Waals surface area (Å²) in [4.78, 5) is 27.1. The van der Waals surface area contributed by atoms with E-state index in [4.69, 9.17) is 0 Å². The van der Waals surface area contributed by atoms with Gasteiger partial charge < -0.3 is 10.2 Å². The van der Waals surface area contributed by atoms with Gasteiger partial charge in [-0.15, -0.1) is 0 Å². The van der Waals surface area contributed by atoms with Crippen LogP contribution in [0.2, 0.25) is 0 Å². The zero-order valence-electron chi connectivity index (χ0n) is 14.9. The second kappa shape index (κ2) is 7.32. The third-order valence-electron chi connectivity index (χ3n) is 5.43. The maximum absolute atomic E-state index is 12.6. The lowest BCUT2D eigenvalue weighted by Gasteiger charge is -2.18. The van der Waals surface area contributed by atoms with E-state index in [1.807, 2.05) is 47.4 Å². The second-order valence-corrected chi connectivity index (χ2v) is 7.25. The third-order valence-corrected chi connectivity index (χ3v) is 5.43. The fraction of sp³-hybridized carbons (Fsp3) is 0.364. The van der Waals surface area contributed by atoms with E-state index in [0.717, 1.165) is 18.4 Å². The molecule has 1 saturated heterocycles. The summed E-state index contributed by atoms with van der Waals surface area (Å²) in [6.45, 7) is 1.29. The normalized spacial score (nSPS) is 19.3. The Bertz CT molecular complexity index is 816. The SMILES string of the molecule is O=C(N[C@H]1CCN(Cc2ccccc2)C1=O)c1ccc2c(c1)CCCC2.